The summed E-state index contributed by atoms with van der Waals surface area (Å²) >= 11 is 0. The van der Waals surface area contributed by atoms with Gasteiger partial charge < -0.3 is 4.74 Å². The first-order valence-corrected chi connectivity index (χ1v) is 6.35. The Bertz CT molecular complexity index is 653. The molecule has 0 bridgehead atoms. The van der Waals surface area contributed by atoms with Crippen molar-refractivity contribution in [2.75, 3.05) is 6.61 Å². The Labute approximate surface area is 116 Å². The molecule has 2 heterocycles. The summed E-state index contributed by atoms with van der Waals surface area (Å²) in [6, 6.07) is 12.8. The summed E-state index contributed by atoms with van der Waals surface area (Å²) in [5.74, 6) is 0.478. The normalized spacial score (nSPS) is 15.3. The maximum absolute atomic E-state index is 11.9. The van der Waals surface area contributed by atoms with Gasteiger partial charge in [0, 0.05) is 18.2 Å². The lowest BCUT2D eigenvalue weighted by Gasteiger charge is -2.18. The van der Waals surface area contributed by atoms with Gasteiger partial charge in [0.15, 0.2) is 0 Å². The molecule has 5 nitrogen and oxygen atoms in total. The molecule has 1 aliphatic rings. The minimum atomic E-state index is -0.318. The lowest BCUT2D eigenvalue weighted by Crippen LogP contribution is -2.24. The highest BCUT2D eigenvalue weighted by atomic mass is 16.5. The summed E-state index contributed by atoms with van der Waals surface area (Å²) in [6.45, 7) is 0.565. The van der Waals surface area contributed by atoms with Gasteiger partial charge in [-0.2, -0.15) is 5.10 Å². The lowest BCUT2D eigenvalue weighted by atomic mass is 10.0. The van der Waals surface area contributed by atoms with E-state index in [0.29, 0.717) is 18.7 Å². The maximum atomic E-state index is 11.9. The Morgan fingerprint density at radius 1 is 1.20 bits per heavy atom. The molecule has 0 unspecified atom stereocenters. The largest absolute Gasteiger partial charge is 0.492 e. The topological polar surface area (TPSA) is 63.6 Å². The number of amides is 1. The fourth-order valence-corrected chi connectivity index (χ4v) is 2.01. The number of rotatable bonds is 2. The highest BCUT2D eigenvalue weighted by Crippen LogP contribution is 2.24. The molecule has 0 atom stereocenters. The summed E-state index contributed by atoms with van der Waals surface area (Å²) in [5, 5.41) is 4.20. The molecule has 0 radical (unpaired) electrons. The first-order valence-electron chi connectivity index (χ1n) is 6.35. The Hall–Kier alpha value is -2.69. The second-order valence-electron chi connectivity index (χ2n) is 4.31. The van der Waals surface area contributed by atoms with Crippen molar-refractivity contribution in [3.63, 3.8) is 0 Å². The molecule has 1 amide bonds. The van der Waals surface area contributed by atoms with Gasteiger partial charge in [0.25, 0.3) is 5.91 Å². The van der Waals surface area contributed by atoms with E-state index in [4.69, 9.17) is 4.74 Å². The molecule has 5 heteroatoms. The molecule has 1 aromatic heterocycles. The highest BCUT2D eigenvalue weighted by Gasteiger charge is 2.16. The van der Waals surface area contributed by atoms with E-state index in [1.807, 2.05) is 24.3 Å². The minimum absolute atomic E-state index is 0.318. The van der Waals surface area contributed by atoms with E-state index in [1.165, 1.54) is 0 Å². The predicted octanol–water partition coefficient (Wildman–Crippen LogP) is 2.00. The standard InChI is InChI=1S/C15H13N3O2/c19-15(13-6-3-4-9-16-13)18-17-12-8-10-20-14-7-2-1-5-11(12)14/h1-7,9H,8,10H2,(H,18,19). The van der Waals surface area contributed by atoms with Crippen molar-refractivity contribution in [2.45, 2.75) is 6.42 Å². The molecule has 1 aromatic carbocycles. The first kappa shape index (κ1) is 12.3. The smallest absolute Gasteiger partial charge is 0.289 e. The van der Waals surface area contributed by atoms with E-state index in [2.05, 4.69) is 15.5 Å². The van der Waals surface area contributed by atoms with Crippen LogP contribution in [0.25, 0.3) is 0 Å². The van der Waals surface area contributed by atoms with Crippen molar-refractivity contribution < 1.29 is 9.53 Å². The average molecular weight is 267 g/mol. The number of hydrogen-bond donors (Lipinski definition) is 1. The number of benzene rings is 1. The SMILES string of the molecule is O=C(NN=C1CCOc2ccccc21)c1ccccn1. The number of carbonyl (C=O) groups excluding carboxylic acids is 1. The lowest BCUT2D eigenvalue weighted by molar-refractivity contribution is 0.0949. The molecule has 100 valence electrons. The first-order chi connectivity index (χ1) is 9.84. The molecule has 0 saturated carbocycles. The zero-order valence-corrected chi connectivity index (χ0v) is 10.7. The van der Waals surface area contributed by atoms with Crippen LogP contribution in [0.2, 0.25) is 0 Å². The van der Waals surface area contributed by atoms with Gasteiger partial charge in [-0.25, -0.2) is 5.43 Å². The molecule has 2 aromatic rings. The molecule has 0 saturated heterocycles. The van der Waals surface area contributed by atoms with E-state index < -0.39 is 0 Å². The van der Waals surface area contributed by atoms with Gasteiger partial charge >= 0.3 is 0 Å². The van der Waals surface area contributed by atoms with E-state index in [9.17, 15) is 4.79 Å². The van der Waals surface area contributed by atoms with Crippen molar-refractivity contribution in [3.05, 3.63) is 59.9 Å². The van der Waals surface area contributed by atoms with Gasteiger partial charge in [0.1, 0.15) is 11.4 Å². The van der Waals surface area contributed by atoms with Crippen LogP contribution in [0.5, 0.6) is 5.75 Å². The highest BCUT2D eigenvalue weighted by molar-refractivity contribution is 6.04. The summed E-state index contributed by atoms with van der Waals surface area (Å²) < 4.78 is 5.54. The number of nitrogens with one attached hydrogen (secondary N) is 1. The number of pyridine rings is 1. The van der Waals surface area contributed by atoms with Crippen molar-refractivity contribution in [3.8, 4) is 5.75 Å². The van der Waals surface area contributed by atoms with Crippen molar-refractivity contribution in [1.29, 1.82) is 0 Å². The van der Waals surface area contributed by atoms with Crippen LogP contribution in [0.1, 0.15) is 22.5 Å². The van der Waals surface area contributed by atoms with E-state index in [0.717, 1.165) is 17.0 Å². The molecule has 1 aliphatic heterocycles. The van der Waals surface area contributed by atoms with Gasteiger partial charge in [-0.05, 0) is 24.3 Å². The summed E-state index contributed by atoms with van der Waals surface area (Å²) in [6.07, 6.45) is 2.24. The number of carbonyl (C=O) groups is 1. The molecule has 0 aliphatic carbocycles. The van der Waals surface area contributed by atoms with Crippen LogP contribution in [-0.2, 0) is 0 Å². The van der Waals surface area contributed by atoms with Gasteiger partial charge in [-0.3, -0.25) is 9.78 Å². The Morgan fingerprint density at radius 3 is 2.90 bits per heavy atom. The molecule has 20 heavy (non-hydrogen) atoms. The van der Waals surface area contributed by atoms with Gasteiger partial charge in [0.05, 0.1) is 12.3 Å². The number of fused-ring (bicyclic) bond motifs is 1. The van der Waals surface area contributed by atoms with Gasteiger partial charge in [-0.1, -0.05) is 18.2 Å². The quantitative estimate of drug-likeness (QED) is 0.846. The third-order valence-corrected chi connectivity index (χ3v) is 2.98. The van der Waals surface area contributed by atoms with Gasteiger partial charge in [-0.15, -0.1) is 0 Å². The number of hydrogen-bond acceptors (Lipinski definition) is 4. The number of nitrogens with zero attached hydrogens (tertiary/aromatic N) is 2. The Kier molecular flexibility index (Phi) is 3.41. The Morgan fingerprint density at radius 2 is 2.05 bits per heavy atom. The minimum Gasteiger partial charge on any atom is -0.492 e. The molecule has 1 N–H and O–H groups in total. The summed E-state index contributed by atoms with van der Waals surface area (Å²) in [5.41, 5.74) is 4.62. The second-order valence-corrected chi connectivity index (χ2v) is 4.31. The van der Waals surface area contributed by atoms with E-state index >= 15 is 0 Å². The number of para-hydroxylation sites is 1. The zero-order chi connectivity index (χ0) is 13.8. The molecule has 3 rings (SSSR count). The van der Waals surface area contributed by atoms with E-state index in [-0.39, 0.29) is 5.91 Å². The molecular formula is C15H13N3O2. The second kappa shape index (κ2) is 5.52. The third kappa shape index (κ3) is 2.51. The van der Waals surface area contributed by atoms with Crippen LogP contribution in [0.4, 0.5) is 0 Å². The maximum Gasteiger partial charge on any atom is 0.289 e. The molecule has 0 spiro atoms. The van der Waals surface area contributed by atoms with Crippen LogP contribution < -0.4 is 10.2 Å². The summed E-state index contributed by atoms with van der Waals surface area (Å²) in [4.78, 5) is 15.9. The van der Waals surface area contributed by atoms with E-state index in [1.54, 1.807) is 24.4 Å². The van der Waals surface area contributed by atoms with Gasteiger partial charge in [0.2, 0.25) is 0 Å². The van der Waals surface area contributed by atoms with Crippen LogP contribution in [0.15, 0.2) is 53.8 Å². The molecule has 0 fully saturated rings. The predicted molar refractivity (Wildman–Crippen MR) is 74.8 cm³/mol. The fourth-order valence-electron chi connectivity index (χ4n) is 2.01. The van der Waals surface area contributed by atoms with Crippen LogP contribution in [0, 0.1) is 0 Å². The number of ether oxygens (including phenoxy) is 1. The van der Waals surface area contributed by atoms with Crippen molar-refractivity contribution in [1.82, 2.24) is 10.4 Å². The number of aromatic nitrogens is 1. The summed E-state index contributed by atoms with van der Waals surface area (Å²) in [7, 11) is 0. The van der Waals surface area contributed by atoms with Crippen LogP contribution in [-0.4, -0.2) is 23.2 Å². The number of hydrazone groups is 1. The van der Waals surface area contributed by atoms with Crippen LogP contribution >= 0.6 is 0 Å². The van der Waals surface area contributed by atoms with Crippen LogP contribution in [0.3, 0.4) is 0 Å². The fraction of sp³-hybridized carbons (Fsp3) is 0.133. The average Bonchev–Trinajstić information content (AvgIpc) is 2.53. The van der Waals surface area contributed by atoms with Crippen molar-refractivity contribution in [2.24, 2.45) is 5.10 Å². The Balaban J connectivity index is 1.79. The van der Waals surface area contributed by atoms with Crippen molar-refractivity contribution >= 4 is 11.6 Å². The zero-order valence-electron chi connectivity index (χ0n) is 10.7. The third-order valence-electron chi connectivity index (χ3n) is 2.98. The molecular weight excluding hydrogens is 254 g/mol. The monoisotopic (exact) mass is 267 g/mol.